The van der Waals surface area contributed by atoms with Crippen molar-refractivity contribution in [1.82, 2.24) is 20.0 Å². The number of nitrogens with zero attached hydrogens (tertiary/aromatic N) is 3. The second kappa shape index (κ2) is 10.6. The molecule has 0 saturated carbocycles. The number of nitrogens with one attached hydrogen (secondary N) is 1. The number of benzene rings is 3. The molecule has 3 aromatic carbocycles. The van der Waals surface area contributed by atoms with Crippen LogP contribution in [0.15, 0.2) is 91.0 Å². The van der Waals surface area contributed by atoms with Crippen molar-refractivity contribution >= 4 is 11.8 Å². The Kier molecular flexibility index (Phi) is 7.11. The lowest BCUT2D eigenvalue weighted by Crippen LogP contribution is -2.50. The second-order valence-electron chi connectivity index (χ2n) is 9.82. The van der Waals surface area contributed by atoms with E-state index in [9.17, 15) is 14.7 Å². The molecule has 1 aromatic heterocycles. The molecule has 2 N–H and O–H groups in total. The molecule has 0 unspecified atom stereocenters. The van der Waals surface area contributed by atoms with Crippen molar-refractivity contribution in [3.05, 3.63) is 125 Å². The molecule has 0 aliphatic carbocycles. The van der Waals surface area contributed by atoms with E-state index in [1.165, 1.54) is 0 Å². The largest absolute Gasteiger partial charge is 0.378 e. The average Bonchev–Trinajstić information content (AvgIpc) is 3.29. The lowest BCUT2D eigenvalue weighted by molar-refractivity contribution is -0.131. The number of fused-ring (bicyclic) bond motifs is 1. The minimum Gasteiger partial charge on any atom is -0.378 e. The Labute approximate surface area is 222 Å². The van der Waals surface area contributed by atoms with Crippen LogP contribution in [0.3, 0.4) is 0 Å². The first-order chi connectivity index (χ1) is 18.4. The van der Waals surface area contributed by atoms with Crippen molar-refractivity contribution in [3.8, 4) is 0 Å². The quantitative estimate of drug-likeness (QED) is 0.399. The molecule has 0 radical (unpaired) electrons. The van der Waals surface area contributed by atoms with E-state index in [1.54, 1.807) is 23.6 Å². The van der Waals surface area contributed by atoms with Gasteiger partial charge in [0.2, 0.25) is 5.91 Å². The van der Waals surface area contributed by atoms with E-state index in [4.69, 9.17) is 0 Å². The van der Waals surface area contributed by atoms with E-state index in [1.807, 2.05) is 91.0 Å². The molecule has 2 heterocycles. The van der Waals surface area contributed by atoms with Crippen molar-refractivity contribution in [1.29, 1.82) is 0 Å². The number of aromatic nitrogens is 2. The third kappa shape index (κ3) is 4.85. The summed E-state index contributed by atoms with van der Waals surface area (Å²) in [7, 11) is 1.74. The fraction of sp³-hybridized carbons (Fsp3) is 0.258. The molecule has 1 atom stereocenters. The molecule has 2 amide bonds. The van der Waals surface area contributed by atoms with Crippen LogP contribution in [-0.2, 0) is 36.8 Å². The molecule has 0 spiro atoms. The zero-order valence-electron chi connectivity index (χ0n) is 21.7. The van der Waals surface area contributed by atoms with Crippen molar-refractivity contribution in [2.24, 2.45) is 7.05 Å². The van der Waals surface area contributed by atoms with Crippen LogP contribution >= 0.6 is 0 Å². The summed E-state index contributed by atoms with van der Waals surface area (Å²) in [5.41, 5.74) is 2.87. The van der Waals surface area contributed by atoms with Crippen LogP contribution in [0, 0.1) is 0 Å². The van der Waals surface area contributed by atoms with E-state index in [0.29, 0.717) is 42.8 Å². The van der Waals surface area contributed by atoms with Gasteiger partial charge in [-0.15, -0.1) is 0 Å². The van der Waals surface area contributed by atoms with Gasteiger partial charge in [-0.25, -0.2) is 0 Å². The maximum absolute atomic E-state index is 13.7. The van der Waals surface area contributed by atoms with Gasteiger partial charge in [-0.2, -0.15) is 5.10 Å². The first-order valence-corrected chi connectivity index (χ1v) is 12.9. The zero-order chi connectivity index (χ0) is 26.7. The van der Waals surface area contributed by atoms with Gasteiger partial charge in [-0.05, 0) is 23.6 Å². The monoisotopic (exact) mass is 508 g/mol. The zero-order valence-corrected chi connectivity index (χ0v) is 21.7. The predicted octanol–water partition coefficient (Wildman–Crippen LogP) is 3.60. The Morgan fingerprint density at radius 3 is 2.08 bits per heavy atom. The maximum atomic E-state index is 13.7. The van der Waals surface area contributed by atoms with Gasteiger partial charge in [0, 0.05) is 32.1 Å². The molecule has 0 fully saturated rings. The van der Waals surface area contributed by atoms with Crippen LogP contribution in [0.25, 0.3) is 0 Å². The number of amides is 2. The number of carbonyl (C=O) groups is 2. The Bertz CT molecular complexity index is 1380. The van der Waals surface area contributed by atoms with Gasteiger partial charge < -0.3 is 15.3 Å². The van der Waals surface area contributed by atoms with E-state index < -0.39 is 11.6 Å². The smallest absolute Gasteiger partial charge is 0.270 e. The second-order valence-corrected chi connectivity index (χ2v) is 9.82. The Hall–Kier alpha value is -4.23. The average molecular weight is 509 g/mol. The fourth-order valence-corrected chi connectivity index (χ4v) is 5.30. The van der Waals surface area contributed by atoms with E-state index in [-0.39, 0.29) is 11.8 Å². The topological polar surface area (TPSA) is 87.5 Å². The summed E-state index contributed by atoms with van der Waals surface area (Å²) >= 11 is 0. The number of hydrogen-bond acceptors (Lipinski definition) is 4. The predicted molar refractivity (Wildman–Crippen MR) is 145 cm³/mol. The Morgan fingerprint density at radius 1 is 0.947 bits per heavy atom. The van der Waals surface area contributed by atoms with Gasteiger partial charge >= 0.3 is 0 Å². The first kappa shape index (κ1) is 25.4. The summed E-state index contributed by atoms with van der Waals surface area (Å²) in [4.78, 5) is 28.5. The normalized spacial score (nSPS) is 14.0. The standard InChI is InChI=1S/C31H32N4O3/c1-22(31(38,24-14-8-4-9-15-24)25-16-10-5-11-17-25)32-30(37)29-26-21-35(19-18-27(26)33-34(29)2)28(36)20-23-12-6-3-7-13-23/h3-17,22,38H,18-21H2,1-2H3,(H,32,37)/t22-/m0/s1. The molecule has 1 aliphatic rings. The molecular formula is C31H32N4O3. The molecular weight excluding hydrogens is 476 g/mol. The molecule has 5 rings (SSSR count). The van der Waals surface area contributed by atoms with Crippen LogP contribution in [0.2, 0.25) is 0 Å². The highest BCUT2D eigenvalue weighted by Gasteiger charge is 2.39. The van der Waals surface area contributed by atoms with Gasteiger partial charge in [0.15, 0.2) is 0 Å². The maximum Gasteiger partial charge on any atom is 0.270 e. The van der Waals surface area contributed by atoms with Crippen molar-refractivity contribution in [3.63, 3.8) is 0 Å². The Morgan fingerprint density at radius 2 is 1.50 bits per heavy atom. The van der Waals surface area contributed by atoms with Crippen LogP contribution in [0.4, 0.5) is 0 Å². The number of carbonyl (C=O) groups excluding carboxylic acids is 2. The minimum atomic E-state index is -1.45. The summed E-state index contributed by atoms with van der Waals surface area (Å²) in [5, 5.41) is 19.7. The molecule has 0 saturated heterocycles. The van der Waals surface area contributed by atoms with Gasteiger partial charge in [-0.1, -0.05) is 91.0 Å². The summed E-state index contributed by atoms with van der Waals surface area (Å²) in [6, 6.07) is 27.7. The molecule has 0 bridgehead atoms. The van der Waals surface area contributed by atoms with Crippen molar-refractivity contribution < 1.29 is 14.7 Å². The number of aryl methyl sites for hydroxylation is 1. The Balaban J connectivity index is 1.39. The first-order valence-electron chi connectivity index (χ1n) is 12.9. The lowest BCUT2D eigenvalue weighted by Gasteiger charge is -2.36. The van der Waals surface area contributed by atoms with E-state index >= 15 is 0 Å². The SMILES string of the molecule is C[C@H](NC(=O)c1c2c(nn1C)CCN(C(=O)Cc1ccccc1)C2)C(O)(c1ccccc1)c1ccccc1. The van der Waals surface area contributed by atoms with Gasteiger partial charge in [0.05, 0.1) is 18.2 Å². The van der Waals surface area contributed by atoms with E-state index in [2.05, 4.69) is 10.4 Å². The number of hydrogen-bond donors (Lipinski definition) is 2. The third-order valence-electron chi connectivity index (χ3n) is 7.36. The molecule has 4 aromatic rings. The fourth-order valence-electron chi connectivity index (χ4n) is 5.30. The lowest BCUT2D eigenvalue weighted by atomic mass is 9.80. The van der Waals surface area contributed by atoms with Crippen molar-refractivity contribution in [2.45, 2.75) is 38.0 Å². The highest BCUT2D eigenvalue weighted by molar-refractivity contribution is 5.95. The van der Waals surface area contributed by atoms with E-state index in [0.717, 1.165) is 16.8 Å². The highest BCUT2D eigenvalue weighted by atomic mass is 16.3. The van der Waals surface area contributed by atoms with Gasteiger partial charge in [0.1, 0.15) is 11.3 Å². The molecule has 7 nitrogen and oxygen atoms in total. The minimum absolute atomic E-state index is 0.0213. The van der Waals surface area contributed by atoms with Gasteiger partial charge in [0.25, 0.3) is 5.91 Å². The van der Waals surface area contributed by atoms with Crippen molar-refractivity contribution in [2.75, 3.05) is 6.54 Å². The summed E-state index contributed by atoms with van der Waals surface area (Å²) in [6.45, 7) is 2.69. The summed E-state index contributed by atoms with van der Waals surface area (Å²) in [6.07, 6.45) is 0.903. The number of rotatable bonds is 7. The molecule has 1 aliphatic heterocycles. The van der Waals surface area contributed by atoms with Gasteiger partial charge in [-0.3, -0.25) is 14.3 Å². The molecule has 38 heavy (non-hydrogen) atoms. The summed E-state index contributed by atoms with van der Waals surface area (Å²) < 4.78 is 1.59. The molecule has 7 heteroatoms. The van der Waals surface area contributed by atoms with Crippen LogP contribution < -0.4 is 5.32 Å². The highest BCUT2D eigenvalue weighted by Crippen LogP contribution is 2.33. The third-order valence-corrected chi connectivity index (χ3v) is 7.36. The van der Waals surface area contributed by atoms with Crippen LogP contribution in [-0.4, -0.2) is 44.2 Å². The van der Waals surface area contributed by atoms with Crippen LogP contribution in [0.1, 0.15) is 45.4 Å². The molecule has 194 valence electrons. The summed E-state index contributed by atoms with van der Waals surface area (Å²) in [5.74, 6) is -0.315. The number of aliphatic hydroxyl groups is 1. The van der Waals surface area contributed by atoms with Crippen LogP contribution in [0.5, 0.6) is 0 Å².